The van der Waals surface area contributed by atoms with Gasteiger partial charge in [-0.05, 0) is 35.8 Å². The number of amides is 1. The second kappa shape index (κ2) is 13.6. The van der Waals surface area contributed by atoms with Crippen LogP contribution >= 0.6 is 11.6 Å². The van der Waals surface area contributed by atoms with Gasteiger partial charge in [0.05, 0.1) is 22.3 Å². The van der Waals surface area contributed by atoms with E-state index in [1.54, 1.807) is 26.4 Å². The van der Waals surface area contributed by atoms with Gasteiger partial charge in [-0.3, -0.25) is 4.79 Å². The molecule has 2 aromatic heterocycles. The summed E-state index contributed by atoms with van der Waals surface area (Å²) < 4.78 is 5.83. The molecule has 0 bridgehead atoms. The minimum atomic E-state index is -0.0492. The smallest absolute Gasteiger partial charge is 0.245 e. The third-order valence-electron chi connectivity index (χ3n) is 6.44. The minimum Gasteiger partial charge on any atom is -0.476 e. The zero-order valence-electron chi connectivity index (χ0n) is 22.9. The molecule has 0 unspecified atom stereocenters. The van der Waals surface area contributed by atoms with Crippen molar-refractivity contribution in [2.75, 3.05) is 33.8 Å². The van der Waals surface area contributed by atoms with Gasteiger partial charge in [0, 0.05) is 67.6 Å². The minimum absolute atomic E-state index is 0.0492. The monoisotopic (exact) mass is 553 g/mol. The van der Waals surface area contributed by atoms with Gasteiger partial charge in [0.2, 0.25) is 11.8 Å². The highest BCUT2D eigenvalue weighted by Gasteiger charge is 2.21. The fourth-order valence-electron chi connectivity index (χ4n) is 4.43. The van der Waals surface area contributed by atoms with E-state index in [9.17, 15) is 10.1 Å². The summed E-state index contributed by atoms with van der Waals surface area (Å²) >= 11 is 6.94. The van der Waals surface area contributed by atoms with Crippen molar-refractivity contribution in [2.24, 2.45) is 0 Å². The number of likely N-dealkylation sites (N-methyl/N-ethyl adjacent to an activating group) is 1. The van der Waals surface area contributed by atoms with Crippen LogP contribution in [0.15, 0.2) is 79.0 Å². The maximum absolute atomic E-state index is 11.6. The van der Waals surface area contributed by atoms with Crippen LogP contribution in [0.2, 0.25) is 5.02 Å². The Hall–Kier alpha value is -4.38. The highest BCUT2D eigenvalue weighted by molar-refractivity contribution is 6.38. The van der Waals surface area contributed by atoms with Crippen LogP contribution in [0.1, 0.15) is 35.7 Å². The Bertz CT molecular complexity index is 1580. The van der Waals surface area contributed by atoms with E-state index in [1.807, 2.05) is 60.7 Å². The van der Waals surface area contributed by atoms with Crippen molar-refractivity contribution in [3.05, 3.63) is 106 Å². The van der Waals surface area contributed by atoms with Crippen LogP contribution in [0.5, 0.6) is 5.88 Å². The fourth-order valence-corrected chi connectivity index (χ4v) is 4.74. The Labute approximate surface area is 239 Å². The molecule has 204 valence electrons. The van der Waals surface area contributed by atoms with Gasteiger partial charge >= 0.3 is 0 Å². The third-order valence-corrected chi connectivity index (χ3v) is 6.83. The Morgan fingerprint density at radius 1 is 1.15 bits per heavy atom. The summed E-state index contributed by atoms with van der Waals surface area (Å²) in [6.45, 7) is 3.67. The summed E-state index contributed by atoms with van der Waals surface area (Å²) in [4.78, 5) is 21.2. The summed E-state index contributed by atoms with van der Waals surface area (Å²) in [5.74, 6) is 0.452. The van der Waals surface area contributed by atoms with Crippen LogP contribution in [0, 0.1) is 11.3 Å². The molecule has 2 aromatic carbocycles. The standard InChI is InChI=1S/C32H32ClN5O2/c1-4-24(25-11-6-5-10-22(25)20-34)30(32-31(33)26-12-7-8-13-27(26)37-32)23-15-16-28(36-21-23)40-19-18-35-17-9-14-29(39)38(2)3/h5-16,21,35,37H,4,17-19H2,1-3H3/b14-9+,30-24+. The number of aromatic amines is 1. The van der Waals surface area contributed by atoms with Gasteiger partial charge in [-0.15, -0.1) is 0 Å². The molecule has 0 atom stereocenters. The first-order chi connectivity index (χ1) is 19.4. The van der Waals surface area contributed by atoms with Gasteiger partial charge in [-0.25, -0.2) is 4.98 Å². The molecule has 0 aliphatic heterocycles. The normalized spacial score (nSPS) is 11.9. The lowest BCUT2D eigenvalue weighted by atomic mass is 9.89. The van der Waals surface area contributed by atoms with Gasteiger partial charge in [0.15, 0.2) is 0 Å². The second-order valence-corrected chi connectivity index (χ2v) is 9.67. The van der Waals surface area contributed by atoms with Crippen molar-refractivity contribution >= 4 is 39.6 Å². The van der Waals surface area contributed by atoms with Gasteiger partial charge in [-0.1, -0.05) is 61.0 Å². The van der Waals surface area contributed by atoms with Crippen molar-refractivity contribution in [1.82, 2.24) is 20.2 Å². The van der Waals surface area contributed by atoms with Crippen LogP contribution in [-0.2, 0) is 4.79 Å². The van der Waals surface area contributed by atoms with E-state index in [0.717, 1.165) is 38.9 Å². The average Bonchev–Trinajstić information content (AvgIpc) is 3.31. The van der Waals surface area contributed by atoms with Crippen LogP contribution in [-0.4, -0.2) is 54.6 Å². The Morgan fingerprint density at radius 3 is 2.62 bits per heavy atom. The summed E-state index contributed by atoms with van der Waals surface area (Å²) in [5.41, 5.74) is 5.94. The third kappa shape index (κ3) is 6.60. The maximum Gasteiger partial charge on any atom is 0.245 e. The first-order valence-electron chi connectivity index (χ1n) is 13.1. The molecule has 0 fully saturated rings. The molecular weight excluding hydrogens is 522 g/mol. The zero-order valence-corrected chi connectivity index (χ0v) is 23.6. The average molecular weight is 554 g/mol. The first-order valence-corrected chi connectivity index (χ1v) is 13.5. The summed E-state index contributed by atoms with van der Waals surface area (Å²) in [6, 6.07) is 21.7. The zero-order chi connectivity index (χ0) is 28.5. The lowest BCUT2D eigenvalue weighted by Gasteiger charge is -2.16. The molecule has 1 amide bonds. The summed E-state index contributed by atoms with van der Waals surface area (Å²) in [7, 11) is 3.43. The molecule has 0 radical (unpaired) electrons. The van der Waals surface area contributed by atoms with Crippen molar-refractivity contribution in [2.45, 2.75) is 13.3 Å². The van der Waals surface area contributed by atoms with E-state index in [1.165, 1.54) is 11.0 Å². The molecular formula is C32H32ClN5O2. The number of carbonyl (C=O) groups is 1. The SMILES string of the molecule is CC/C(=C(/c1ccc(OCCNC/C=C/C(=O)N(C)C)nc1)c1[nH]c2ccccc2c1Cl)c1ccccc1C#N. The largest absolute Gasteiger partial charge is 0.476 e. The predicted molar refractivity (Wildman–Crippen MR) is 161 cm³/mol. The van der Waals surface area contributed by atoms with E-state index < -0.39 is 0 Å². The number of aromatic nitrogens is 2. The van der Waals surface area contributed by atoms with E-state index >= 15 is 0 Å². The van der Waals surface area contributed by atoms with E-state index in [2.05, 4.69) is 28.3 Å². The van der Waals surface area contributed by atoms with Crippen molar-refractivity contribution in [3.8, 4) is 11.9 Å². The number of ether oxygens (including phenoxy) is 1. The summed E-state index contributed by atoms with van der Waals surface area (Å²) in [6.07, 6.45) is 5.78. The molecule has 0 aliphatic rings. The lowest BCUT2D eigenvalue weighted by molar-refractivity contribution is -0.123. The number of hydrogen-bond acceptors (Lipinski definition) is 5. The molecule has 40 heavy (non-hydrogen) atoms. The summed E-state index contributed by atoms with van der Waals surface area (Å²) in [5, 5.41) is 14.6. The number of nitrogens with zero attached hydrogens (tertiary/aromatic N) is 3. The Balaban J connectivity index is 1.60. The number of carbonyl (C=O) groups excluding carboxylic acids is 1. The highest BCUT2D eigenvalue weighted by Crippen LogP contribution is 2.40. The van der Waals surface area contributed by atoms with Crippen molar-refractivity contribution in [3.63, 3.8) is 0 Å². The number of nitrogens with one attached hydrogen (secondary N) is 2. The lowest BCUT2D eigenvalue weighted by Crippen LogP contribution is -2.22. The molecule has 0 aliphatic carbocycles. The van der Waals surface area contributed by atoms with E-state index in [-0.39, 0.29) is 5.91 Å². The number of rotatable bonds is 11. The molecule has 7 nitrogen and oxygen atoms in total. The number of hydrogen-bond donors (Lipinski definition) is 2. The highest BCUT2D eigenvalue weighted by atomic mass is 35.5. The Kier molecular flexibility index (Phi) is 9.74. The molecule has 4 rings (SSSR count). The van der Waals surface area contributed by atoms with Crippen LogP contribution in [0.25, 0.3) is 22.0 Å². The van der Waals surface area contributed by atoms with E-state index in [0.29, 0.717) is 42.6 Å². The molecule has 0 saturated carbocycles. The number of nitriles is 1. The number of halogens is 1. The number of benzene rings is 2. The molecule has 4 aromatic rings. The van der Waals surface area contributed by atoms with Crippen molar-refractivity contribution < 1.29 is 9.53 Å². The number of allylic oxidation sites excluding steroid dienone is 1. The fraction of sp³-hybridized carbons (Fsp3) is 0.219. The van der Waals surface area contributed by atoms with Crippen LogP contribution in [0.3, 0.4) is 0 Å². The molecule has 2 N–H and O–H groups in total. The second-order valence-electron chi connectivity index (χ2n) is 9.30. The number of pyridine rings is 1. The van der Waals surface area contributed by atoms with Crippen LogP contribution in [0.4, 0.5) is 0 Å². The van der Waals surface area contributed by atoms with Gasteiger partial charge < -0.3 is 19.9 Å². The van der Waals surface area contributed by atoms with E-state index in [4.69, 9.17) is 16.3 Å². The number of fused-ring (bicyclic) bond motifs is 1. The Morgan fingerprint density at radius 2 is 1.93 bits per heavy atom. The quantitative estimate of drug-likeness (QED) is 0.174. The molecule has 0 saturated heterocycles. The molecule has 8 heteroatoms. The maximum atomic E-state index is 11.6. The van der Waals surface area contributed by atoms with Gasteiger partial charge in [0.1, 0.15) is 6.61 Å². The molecule has 2 heterocycles. The molecule has 0 spiro atoms. The topological polar surface area (TPSA) is 94.0 Å². The van der Waals surface area contributed by atoms with Gasteiger partial charge in [-0.2, -0.15) is 5.26 Å². The first kappa shape index (κ1) is 28.6. The van der Waals surface area contributed by atoms with Crippen molar-refractivity contribution in [1.29, 1.82) is 5.26 Å². The van der Waals surface area contributed by atoms with Crippen LogP contribution < -0.4 is 10.1 Å². The van der Waals surface area contributed by atoms with Gasteiger partial charge in [0.25, 0.3) is 0 Å². The number of H-pyrrole nitrogens is 1. The predicted octanol–water partition coefficient (Wildman–Crippen LogP) is 6.07. The number of para-hydroxylation sites is 1.